The van der Waals surface area contributed by atoms with E-state index in [-0.39, 0.29) is 0 Å². The fraction of sp³-hybridized carbons (Fsp3) is 0.0714. The van der Waals surface area contributed by atoms with Gasteiger partial charge in [-0.3, -0.25) is 0 Å². The summed E-state index contributed by atoms with van der Waals surface area (Å²) >= 11 is 0. The maximum absolute atomic E-state index is 2.26. The van der Waals surface area contributed by atoms with Gasteiger partial charge in [-0.25, -0.2) is 0 Å². The molecule has 0 amide bonds. The molecule has 0 aliphatic heterocycles. The average molecular weight is 358 g/mol. The predicted molar refractivity (Wildman–Crippen MR) is 117 cm³/mol. The Balaban J connectivity index is 1.75. The number of aryl methyl sites for hydroxylation is 2. The summed E-state index contributed by atoms with van der Waals surface area (Å²) in [6.45, 7) is 4.28. The largest absolute Gasteiger partial charge is 0.113 e. The van der Waals surface area contributed by atoms with Gasteiger partial charge in [0.25, 0.3) is 0 Å². The van der Waals surface area contributed by atoms with Crippen molar-refractivity contribution in [2.45, 2.75) is 13.8 Å². The number of fused-ring (bicyclic) bond motifs is 3. The van der Waals surface area contributed by atoms with Crippen LogP contribution in [0.2, 0.25) is 0 Å². The first-order valence-corrected chi connectivity index (χ1v) is 9.80. The van der Waals surface area contributed by atoms with Gasteiger partial charge in [0.15, 0.2) is 0 Å². The Morgan fingerprint density at radius 1 is 0.500 bits per heavy atom. The van der Waals surface area contributed by atoms with Crippen molar-refractivity contribution in [2.24, 2.45) is 0 Å². The molecule has 0 unspecified atom stereocenters. The van der Waals surface area contributed by atoms with Gasteiger partial charge in [-0.1, -0.05) is 0 Å². The molecule has 0 radical (unpaired) electrons. The Kier molecular flexibility index (Phi) is 3.98. The summed E-state index contributed by atoms with van der Waals surface area (Å²) in [4.78, 5) is 0. The summed E-state index contributed by atoms with van der Waals surface area (Å²) in [5, 5.41) is 0. The number of benzene rings is 4. The van der Waals surface area contributed by atoms with E-state index in [1.165, 1.54) is 56.3 Å². The molecule has 0 atom stereocenters. The SMILES string of the molecule is Cc1ccc([C+](c2ccc(C)cc2)[C+]2c3ccccc3-c3ccccc32)cc1. The zero-order valence-electron chi connectivity index (χ0n) is 16.2. The molecule has 28 heavy (non-hydrogen) atoms. The van der Waals surface area contributed by atoms with Crippen LogP contribution in [0.15, 0.2) is 97.1 Å². The maximum atomic E-state index is 2.26. The van der Waals surface area contributed by atoms with E-state index >= 15 is 0 Å². The van der Waals surface area contributed by atoms with Gasteiger partial charge in [-0.05, 0) is 85.6 Å². The lowest BCUT2D eigenvalue weighted by atomic mass is 9.75. The van der Waals surface area contributed by atoms with Gasteiger partial charge in [-0.15, -0.1) is 0 Å². The molecule has 0 heteroatoms. The minimum atomic E-state index is 1.26. The Bertz CT molecular complexity index is 1030. The normalized spacial score (nSPS) is 11.9. The Hall–Kier alpha value is -3.38. The minimum absolute atomic E-state index is 1.26. The lowest BCUT2D eigenvalue weighted by Gasteiger charge is -2.17. The topological polar surface area (TPSA) is 0 Å². The highest BCUT2D eigenvalue weighted by atomic mass is 14.4. The van der Waals surface area contributed by atoms with Gasteiger partial charge < -0.3 is 0 Å². The molecule has 4 aromatic rings. The van der Waals surface area contributed by atoms with Crippen LogP contribution in [0.3, 0.4) is 0 Å². The molecule has 132 valence electrons. The summed E-state index contributed by atoms with van der Waals surface area (Å²) in [7, 11) is 0. The van der Waals surface area contributed by atoms with Gasteiger partial charge in [0.05, 0.1) is 22.3 Å². The summed E-state index contributed by atoms with van der Waals surface area (Å²) in [5.74, 6) is 2.64. The standard InChI is InChI=1S/C28H22/c1-19-11-15-21(16-12-19)27(22-17-13-20(2)14-18-22)28-25-9-5-3-7-23(25)24-8-4-6-10-26(24)28/h3-18H,1-2H3/q+2. The summed E-state index contributed by atoms with van der Waals surface area (Å²) < 4.78 is 0. The summed E-state index contributed by atoms with van der Waals surface area (Å²) in [6.07, 6.45) is 0. The fourth-order valence-corrected chi connectivity index (χ4v) is 4.18. The van der Waals surface area contributed by atoms with Crippen molar-refractivity contribution in [3.05, 3.63) is 142 Å². The van der Waals surface area contributed by atoms with Crippen molar-refractivity contribution in [1.82, 2.24) is 0 Å². The van der Waals surface area contributed by atoms with Crippen LogP contribution in [0, 0.1) is 25.7 Å². The second kappa shape index (κ2) is 6.65. The Labute approximate surface area is 167 Å². The molecule has 0 saturated heterocycles. The maximum Gasteiger partial charge on any atom is 0.113 e. The molecule has 4 aromatic carbocycles. The second-order valence-electron chi connectivity index (χ2n) is 7.57. The monoisotopic (exact) mass is 358 g/mol. The van der Waals surface area contributed by atoms with E-state index < -0.39 is 0 Å². The van der Waals surface area contributed by atoms with Crippen LogP contribution < -0.4 is 0 Å². The van der Waals surface area contributed by atoms with Crippen LogP contribution in [0.4, 0.5) is 0 Å². The average Bonchev–Trinajstić information content (AvgIpc) is 3.06. The molecule has 1 aliphatic rings. The first-order valence-electron chi connectivity index (χ1n) is 9.80. The third kappa shape index (κ3) is 2.70. The highest BCUT2D eigenvalue weighted by Gasteiger charge is 2.45. The zero-order chi connectivity index (χ0) is 19.1. The van der Waals surface area contributed by atoms with Crippen molar-refractivity contribution in [1.29, 1.82) is 0 Å². The van der Waals surface area contributed by atoms with E-state index in [9.17, 15) is 0 Å². The van der Waals surface area contributed by atoms with E-state index in [1.54, 1.807) is 0 Å². The Morgan fingerprint density at radius 2 is 0.893 bits per heavy atom. The van der Waals surface area contributed by atoms with Crippen molar-refractivity contribution in [2.75, 3.05) is 0 Å². The third-order valence-electron chi connectivity index (χ3n) is 5.61. The van der Waals surface area contributed by atoms with Crippen molar-refractivity contribution >= 4 is 0 Å². The summed E-state index contributed by atoms with van der Waals surface area (Å²) in [6, 6.07) is 35.4. The van der Waals surface area contributed by atoms with Gasteiger partial charge in [-0.2, -0.15) is 0 Å². The smallest absolute Gasteiger partial charge is 0.0452 e. The highest BCUT2D eigenvalue weighted by Crippen LogP contribution is 2.51. The molecule has 0 saturated carbocycles. The van der Waals surface area contributed by atoms with Gasteiger partial charge >= 0.3 is 0 Å². The molecule has 0 N–H and O–H groups in total. The fourth-order valence-electron chi connectivity index (χ4n) is 4.18. The molecule has 5 rings (SSSR count). The molecular weight excluding hydrogens is 336 g/mol. The van der Waals surface area contributed by atoms with E-state index in [0.29, 0.717) is 0 Å². The zero-order valence-corrected chi connectivity index (χ0v) is 16.2. The van der Waals surface area contributed by atoms with Gasteiger partial charge in [0, 0.05) is 36.4 Å². The lowest BCUT2D eigenvalue weighted by Crippen LogP contribution is -2.14. The van der Waals surface area contributed by atoms with E-state index in [2.05, 4.69) is 111 Å². The van der Waals surface area contributed by atoms with Crippen LogP contribution >= 0.6 is 0 Å². The molecule has 0 heterocycles. The van der Waals surface area contributed by atoms with E-state index in [1.807, 2.05) is 0 Å². The second-order valence-corrected chi connectivity index (χ2v) is 7.57. The van der Waals surface area contributed by atoms with Gasteiger partial charge in [0.1, 0.15) is 23.0 Å². The first kappa shape index (κ1) is 16.8. The minimum Gasteiger partial charge on any atom is -0.0452 e. The molecule has 0 fully saturated rings. The van der Waals surface area contributed by atoms with Crippen LogP contribution in [0.25, 0.3) is 11.1 Å². The van der Waals surface area contributed by atoms with Crippen molar-refractivity contribution in [3.8, 4) is 11.1 Å². The first-order chi connectivity index (χ1) is 13.7. The highest BCUT2D eigenvalue weighted by molar-refractivity contribution is 5.88. The van der Waals surface area contributed by atoms with E-state index in [4.69, 9.17) is 0 Å². The summed E-state index contributed by atoms with van der Waals surface area (Å²) in [5.41, 5.74) is 10.4. The molecule has 0 bridgehead atoms. The van der Waals surface area contributed by atoms with Gasteiger partial charge in [0.2, 0.25) is 0 Å². The third-order valence-corrected chi connectivity index (χ3v) is 5.61. The van der Waals surface area contributed by atoms with Crippen LogP contribution in [0.5, 0.6) is 0 Å². The Morgan fingerprint density at radius 3 is 1.32 bits per heavy atom. The van der Waals surface area contributed by atoms with Crippen molar-refractivity contribution in [3.63, 3.8) is 0 Å². The van der Waals surface area contributed by atoms with Crippen LogP contribution in [-0.4, -0.2) is 0 Å². The van der Waals surface area contributed by atoms with E-state index in [0.717, 1.165) is 0 Å². The molecular formula is C28H22+2. The molecule has 1 aliphatic carbocycles. The molecule has 0 aromatic heterocycles. The molecule has 0 spiro atoms. The molecule has 0 nitrogen and oxygen atoms in total. The van der Waals surface area contributed by atoms with Crippen LogP contribution in [0.1, 0.15) is 33.4 Å². The van der Waals surface area contributed by atoms with Crippen LogP contribution in [-0.2, 0) is 0 Å². The predicted octanol–water partition coefficient (Wildman–Crippen LogP) is 6.93. The lowest BCUT2D eigenvalue weighted by molar-refractivity contribution is 1.10. The number of rotatable bonds is 3. The quantitative estimate of drug-likeness (QED) is 0.348. The van der Waals surface area contributed by atoms with Crippen molar-refractivity contribution < 1.29 is 0 Å². The number of hydrogen-bond donors (Lipinski definition) is 0. The number of hydrogen-bond acceptors (Lipinski definition) is 0.